The predicted octanol–water partition coefficient (Wildman–Crippen LogP) is 6.11. The number of nitrogens with zero attached hydrogens (tertiary/aromatic N) is 4. The number of carbonyl (C=O) groups is 2. The minimum atomic E-state index is -0.767. The van der Waals surface area contributed by atoms with Crippen molar-refractivity contribution in [3.05, 3.63) is 71.5 Å². The summed E-state index contributed by atoms with van der Waals surface area (Å²) in [6, 6.07) is 15.4. The van der Waals surface area contributed by atoms with Crippen LogP contribution in [-0.2, 0) is 4.79 Å². The lowest BCUT2D eigenvalue weighted by Crippen LogP contribution is -2.38. The Kier molecular flexibility index (Phi) is 9.00. The monoisotopic (exact) mass is 598 g/mol. The first kappa shape index (κ1) is 29.9. The van der Waals surface area contributed by atoms with Crippen molar-refractivity contribution < 1.29 is 24.2 Å². The largest absolute Gasteiger partial charge is 0.497 e. The molecule has 1 amide bonds. The van der Waals surface area contributed by atoms with E-state index in [0.29, 0.717) is 48.2 Å². The molecule has 3 fully saturated rings. The topological polar surface area (TPSA) is 105 Å². The van der Waals surface area contributed by atoms with Crippen LogP contribution in [0.5, 0.6) is 11.6 Å². The summed E-state index contributed by atoms with van der Waals surface area (Å²) in [5.41, 5.74) is 3.44. The van der Waals surface area contributed by atoms with Crippen LogP contribution in [0.25, 0.3) is 0 Å². The number of anilines is 2. The molecule has 2 aromatic heterocycles. The molecular formula is C35H42N4O5. The van der Waals surface area contributed by atoms with E-state index in [2.05, 4.69) is 9.88 Å². The third-order valence-electron chi connectivity index (χ3n) is 9.16. The molecule has 1 saturated heterocycles. The Labute approximate surface area is 259 Å². The highest BCUT2D eigenvalue weighted by Gasteiger charge is 2.34. The molecule has 1 N–H and O–H groups in total. The predicted molar refractivity (Wildman–Crippen MR) is 169 cm³/mol. The van der Waals surface area contributed by atoms with Crippen LogP contribution >= 0.6 is 0 Å². The molecule has 9 heteroatoms. The van der Waals surface area contributed by atoms with Crippen LogP contribution < -0.4 is 19.3 Å². The summed E-state index contributed by atoms with van der Waals surface area (Å²) < 4.78 is 11.7. The first-order valence-electron chi connectivity index (χ1n) is 15.9. The molecule has 1 atom stereocenters. The van der Waals surface area contributed by atoms with Crippen molar-refractivity contribution >= 4 is 23.4 Å². The first-order valence-corrected chi connectivity index (χ1v) is 15.9. The normalized spacial score (nSPS) is 17.6. The number of amides is 1. The number of aryl methyl sites for hydroxylation is 1. The summed E-state index contributed by atoms with van der Waals surface area (Å²) in [7, 11) is 1.65. The van der Waals surface area contributed by atoms with Crippen molar-refractivity contribution in [1.29, 1.82) is 0 Å². The number of aromatic nitrogens is 2. The molecule has 0 bridgehead atoms. The molecule has 1 aromatic carbocycles. The minimum absolute atomic E-state index is 0.0164. The van der Waals surface area contributed by atoms with Gasteiger partial charge in [0.15, 0.2) is 0 Å². The number of carboxylic acids is 1. The van der Waals surface area contributed by atoms with Crippen LogP contribution in [-0.4, -0.2) is 60.3 Å². The Hall–Kier alpha value is -4.14. The number of benzene rings is 1. The van der Waals surface area contributed by atoms with Crippen LogP contribution in [0.15, 0.2) is 54.7 Å². The van der Waals surface area contributed by atoms with Gasteiger partial charge in [-0.05, 0) is 105 Å². The second-order valence-corrected chi connectivity index (χ2v) is 12.6. The zero-order chi connectivity index (χ0) is 30.6. The number of aliphatic carboxylic acids is 1. The molecule has 2 aliphatic carbocycles. The molecule has 9 nitrogen and oxygen atoms in total. The number of hydrogen-bond donors (Lipinski definition) is 1. The lowest BCUT2D eigenvalue weighted by Gasteiger charge is -2.35. The molecule has 1 aliphatic heterocycles. The molecule has 44 heavy (non-hydrogen) atoms. The summed E-state index contributed by atoms with van der Waals surface area (Å²) in [4.78, 5) is 38.8. The number of ether oxygens (including phenoxy) is 2. The van der Waals surface area contributed by atoms with Gasteiger partial charge in [0.2, 0.25) is 5.88 Å². The van der Waals surface area contributed by atoms with Crippen molar-refractivity contribution in [2.45, 2.75) is 57.8 Å². The highest BCUT2D eigenvalue weighted by atomic mass is 16.5. The Morgan fingerprint density at radius 1 is 1.02 bits per heavy atom. The van der Waals surface area contributed by atoms with Gasteiger partial charge in [0.05, 0.1) is 31.4 Å². The molecule has 0 radical (unpaired) electrons. The smallest absolute Gasteiger partial charge is 0.303 e. The van der Waals surface area contributed by atoms with E-state index in [1.807, 2.05) is 60.4 Å². The van der Waals surface area contributed by atoms with E-state index in [0.717, 1.165) is 74.3 Å². The fourth-order valence-electron chi connectivity index (χ4n) is 6.27. The number of carbonyl (C=O) groups excluding carboxylic acids is 1. The summed E-state index contributed by atoms with van der Waals surface area (Å²) in [6.07, 6.45) is 8.15. The van der Waals surface area contributed by atoms with Gasteiger partial charge in [-0.1, -0.05) is 6.07 Å². The minimum Gasteiger partial charge on any atom is -0.497 e. The van der Waals surface area contributed by atoms with Gasteiger partial charge in [0.1, 0.15) is 11.6 Å². The number of methoxy groups -OCH3 is 1. The maximum absolute atomic E-state index is 14.1. The van der Waals surface area contributed by atoms with Crippen LogP contribution in [0.1, 0.15) is 72.5 Å². The highest BCUT2D eigenvalue weighted by molar-refractivity contribution is 6.09. The first-order chi connectivity index (χ1) is 21.4. The Balaban J connectivity index is 1.12. The molecule has 2 saturated carbocycles. The van der Waals surface area contributed by atoms with Gasteiger partial charge in [-0.15, -0.1) is 0 Å². The van der Waals surface area contributed by atoms with Gasteiger partial charge in [-0.25, -0.2) is 9.97 Å². The Morgan fingerprint density at radius 3 is 2.50 bits per heavy atom. The van der Waals surface area contributed by atoms with E-state index in [-0.39, 0.29) is 18.2 Å². The second kappa shape index (κ2) is 13.2. The van der Waals surface area contributed by atoms with Crippen LogP contribution in [0.3, 0.4) is 0 Å². The average Bonchev–Trinajstić information content (AvgIpc) is 3.97. The zero-order valence-electron chi connectivity index (χ0n) is 25.7. The number of piperidine rings is 1. The molecule has 1 unspecified atom stereocenters. The summed E-state index contributed by atoms with van der Waals surface area (Å²) >= 11 is 0. The maximum atomic E-state index is 14.1. The zero-order valence-corrected chi connectivity index (χ0v) is 25.7. The van der Waals surface area contributed by atoms with Crippen molar-refractivity contribution in [3.63, 3.8) is 0 Å². The van der Waals surface area contributed by atoms with Crippen LogP contribution in [0, 0.1) is 24.7 Å². The lowest BCUT2D eigenvalue weighted by molar-refractivity contribution is -0.137. The lowest BCUT2D eigenvalue weighted by atomic mass is 9.92. The van der Waals surface area contributed by atoms with E-state index in [1.54, 1.807) is 13.3 Å². The second-order valence-electron chi connectivity index (χ2n) is 12.6. The molecule has 6 rings (SSSR count). The van der Waals surface area contributed by atoms with E-state index in [4.69, 9.17) is 14.5 Å². The quantitative estimate of drug-likeness (QED) is 0.251. The molecule has 0 spiro atoms. The average molecular weight is 599 g/mol. The third-order valence-corrected chi connectivity index (χ3v) is 9.16. The van der Waals surface area contributed by atoms with Gasteiger partial charge in [-0.2, -0.15) is 0 Å². The van der Waals surface area contributed by atoms with E-state index in [1.165, 1.54) is 0 Å². The van der Waals surface area contributed by atoms with Gasteiger partial charge < -0.3 is 19.5 Å². The van der Waals surface area contributed by atoms with Crippen LogP contribution in [0.2, 0.25) is 0 Å². The number of carboxylic acid groups (broad SMARTS) is 1. The summed E-state index contributed by atoms with van der Waals surface area (Å²) in [5, 5.41) is 9.39. The molecular weight excluding hydrogens is 556 g/mol. The highest BCUT2D eigenvalue weighted by Crippen LogP contribution is 2.45. The number of pyridine rings is 2. The van der Waals surface area contributed by atoms with E-state index < -0.39 is 5.97 Å². The van der Waals surface area contributed by atoms with Crippen molar-refractivity contribution in [2.75, 3.05) is 43.2 Å². The molecule has 3 heterocycles. The standard InChI is InChI=1S/C35H42N4O5/c1-23-4-3-5-32(37-23)39(21-24-6-7-24)35(42)29-11-10-28(43-2)19-31(29)38-16-13-25(14-17-38)22-44-33-18-27(12-15-36-33)30(20-34(40)41)26-8-9-26/h3-5,10-12,15,18-19,24-26,30H,6-9,13-14,16-17,20-22H2,1-2H3,(H,40,41). The van der Waals surface area contributed by atoms with Gasteiger partial charge in [0, 0.05) is 43.7 Å². The molecule has 3 aliphatic rings. The van der Waals surface area contributed by atoms with Crippen molar-refractivity contribution in [1.82, 2.24) is 9.97 Å². The molecule has 232 valence electrons. The van der Waals surface area contributed by atoms with E-state index in [9.17, 15) is 14.7 Å². The number of rotatable bonds is 13. The Bertz CT molecular complexity index is 1480. The Morgan fingerprint density at radius 2 is 1.82 bits per heavy atom. The summed E-state index contributed by atoms with van der Waals surface area (Å²) in [6.45, 7) is 4.76. The van der Waals surface area contributed by atoms with E-state index >= 15 is 0 Å². The third kappa shape index (κ3) is 7.31. The van der Waals surface area contributed by atoms with Gasteiger partial charge in [-0.3, -0.25) is 14.5 Å². The fourth-order valence-corrected chi connectivity index (χ4v) is 6.27. The SMILES string of the molecule is COc1ccc(C(=O)N(CC2CC2)c2cccc(C)n2)c(N2CCC(COc3cc(C(CC(=O)O)C4CC4)ccn3)CC2)c1. The van der Waals surface area contributed by atoms with Crippen molar-refractivity contribution in [2.24, 2.45) is 17.8 Å². The molecule has 3 aromatic rings. The maximum Gasteiger partial charge on any atom is 0.303 e. The van der Waals surface area contributed by atoms with Gasteiger partial charge in [0.25, 0.3) is 5.91 Å². The van der Waals surface area contributed by atoms with Crippen molar-refractivity contribution in [3.8, 4) is 11.6 Å². The summed E-state index contributed by atoms with van der Waals surface area (Å²) in [5.74, 6) is 2.50. The fraction of sp³-hybridized carbons (Fsp3) is 0.486. The number of hydrogen-bond acceptors (Lipinski definition) is 7. The van der Waals surface area contributed by atoms with Gasteiger partial charge >= 0.3 is 5.97 Å². The van der Waals surface area contributed by atoms with Crippen LogP contribution in [0.4, 0.5) is 11.5 Å².